The van der Waals surface area contributed by atoms with Gasteiger partial charge in [0, 0.05) is 37.0 Å². The van der Waals surface area contributed by atoms with Crippen LogP contribution in [-0.4, -0.2) is 43.1 Å². The monoisotopic (exact) mass is 372 g/mol. The predicted molar refractivity (Wildman–Crippen MR) is 104 cm³/mol. The molecule has 0 radical (unpaired) electrons. The van der Waals surface area contributed by atoms with E-state index in [1.807, 2.05) is 30.3 Å². The molecule has 0 bridgehead atoms. The summed E-state index contributed by atoms with van der Waals surface area (Å²) >= 11 is 6.05. The van der Waals surface area contributed by atoms with E-state index in [9.17, 15) is 4.79 Å². The molecule has 2 atom stereocenters. The minimum atomic E-state index is -0.0897. The fourth-order valence-corrected chi connectivity index (χ4v) is 3.80. The fourth-order valence-electron chi connectivity index (χ4n) is 3.67. The van der Waals surface area contributed by atoms with E-state index in [2.05, 4.69) is 29.2 Å². The van der Waals surface area contributed by atoms with Gasteiger partial charge in [-0.2, -0.15) is 0 Å². The highest BCUT2D eigenvalue weighted by Gasteiger charge is 2.36. The second-order valence-corrected chi connectivity index (χ2v) is 7.23. The zero-order chi connectivity index (χ0) is 18.5. The maximum Gasteiger partial charge on any atom is 0.249 e. The molecule has 2 aromatic rings. The molecule has 26 heavy (non-hydrogen) atoms. The van der Waals surface area contributed by atoms with E-state index >= 15 is 0 Å². The Morgan fingerprint density at radius 3 is 2.54 bits per heavy atom. The molecule has 0 spiro atoms. The van der Waals surface area contributed by atoms with Gasteiger partial charge in [0.05, 0.1) is 7.11 Å². The van der Waals surface area contributed by atoms with Gasteiger partial charge in [0.2, 0.25) is 5.91 Å². The molecule has 3 rings (SSSR count). The number of likely N-dealkylation sites (tertiary alicyclic amines) is 1. The van der Waals surface area contributed by atoms with E-state index in [0.29, 0.717) is 5.02 Å². The van der Waals surface area contributed by atoms with Crippen molar-refractivity contribution in [1.29, 1.82) is 0 Å². The number of carbonyl (C=O) groups is 1. The van der Waals surface area contributed by atoms with Crippen molar-refractivity contribution in [2.24, 2.45) is 5.92 Å². The Morgan fingerprint density at radius 2 is 1.88 bits per heavy atom. The number of rotatable bonds is 5. The summed E-state index contributed by atoms with van der Waals surface area (Å²) in [7, 11) is 3.21. The molecule has 0 aromatic heterocycles. The lowest BCUT2D eigenvalue weighted by Crippen LogP contribution is -2.45. The van der Waals surface area contributed by atoms with Crippen LogP contribution in [0.25, 0.3) is 0 Å². The number of hydroxylamine groups is 2. The molecule has 1 fully saturated rings. The van der Waals surface area contributed by atoms with Crippen LogP contribution in [0.2, 0.25) is 5.02 Å². The molecular formula is C21H25ClN2O2. The highest BCUT2D eigenvalue weighted by atomic mass is 35.5. The molecule has 5 heteroatoms. The van der Waals surface area contributed by atoms with Gasteiger partial charge < -0.3 is 0 Å². The largest absolute Gasteiger partial charge is 0.298 e. The van der Waals surface area contributed by atoms with Crippen LogP contribution < -0.4 is 0 Å². The maximum absolute atomic E-state index is 12.8. The Morgan fingerprint density at radius 1 is 1.19 bits per heavy atom. The van der Waals surface area contributed by atoms with Crippen molar-refractivity contribution in [2.75, 3.05) is 27.2 Å². The van der Waals surface area contributed by atoms with Gasteiger partial charge in [0.15, 0.2) is 0 Å². The van der Waals surface area contributed by atoms with Gasteiger partial charge in [0.1, 0.15) is 0 Å². The quantitative estimate of drug-likeness (QED) is 0.744. The van der Waals surface area contributed by atoms with Crippen LogP contribution in [0.4, 0.5) is 0 Å². The minimum Gasteiger partial charge on any atom is -0.298 e. The SMILES string of the molecule is CON(C)C(=O)[C@@H]1CCN(Cc2ccccc2)C[C@@H]1c1ccc(Cl)cc1. The van der Waals surface area contributed by atoms with E-state index in [-0.39, 0.29) is 17.7 Å². The minimum absolute atomic E-state index is 0.0341. The van der Waals surface area contributed by atoms with Crippen molar-refractivity contribution in [3.8, 4) is 0 Å². The summed E-state index contributed by atoms with van der Waals surface area (Å²) in [5, 5.41) is 2.06. The second kappa shape index (κ2) is 8.67. The maximum atomic E-state index is 12.8. The second-order valence-electron chi connectivity index (χ2n) is 6.79. The van der Waals surface area contributed by atoms with E-state index < -0.39 is 0 Å². The highest BCUT2D eigenvalue weighted by Crippen LogP contribution is 2.35. The molecule has 0 saturated carbocycles. The molecule has 4 nitrogen and oxygen atoms in total. The Balaban J connectivity index is 1.81. The van der Waals surface area contributed by atoms with Gasteiger partial charge in [-0.15, -0.1) is 0 Å². The van der Waals surface area contributed by atoms with Crippen LogP contribution in [-0.2, 0) is 16.2 Å². The molecular weight excluding hydrogens is 348 g/mol. The summed E-state index contributed by atoms with van der Waals surface area (Å²) in [5.41, 5.74) is 2.44. The van der Waals surface area contributed by atoms with Crippen LogP contribution in [0.3, 0.4) is 0 Å². The Labute approximate surface area is 160 Å². The number of hydrogen-bond acceptors (Lipinski definition) is 3. The van der Waals surface area contributed by atoms with Gasteiger partial charge in [-0.25, -0.2) is 5.06 Å². The zero-order valence-corrected chi connectivity index (χ0v) is 16.0. The summed E-state index contributed by atoms with van der Waals surface area (Å²) in [5.74, 6) is 0.0646. The lowest BCUT2D eigenvalue weighted by Gasteiger charge is -2.39. The standard InChI is InChI=1S/C21H25ClN2O2/c1-23(26-2)21(25)19-12-13-24(14-16-6-4-3-5-7-16)15-20(19)17-8-10-18(22)11-9-17/h3-11,19-20H,12-15H2,1-2H3/t19-,20-/m1/s1. The van der Waals surface area contributed by atoms with E-state index in [1.165, 1.54) is 17.7 Å². The topological polar surface area (TPSA) is 32.8 Å². The van der Waals surface area contributed by atoms with E-state index in [0.717, 1.165) is 31.6 Å². The summed E-state index contributed by atoms with van der Waals surface area (Å²) in [6.45, 7) is 2.63. The summed E-state index contributed by atoms with van der Waals surface area (Å²) in [4.78, 5) is 20.4. The van der Waals surface area contributed by atoms with Gasteiger partial charge in [-0.3, -0.25) is 14.5 Å². The normalized spacial score (nSPS) is 20.7. The number of benzene rings is 2. The number of halogens is 1. The third-order valence-corrected chi connectivity index (χ3v) is 5.40. The molecule has 1 saturated heterocycles. The number of carbonyl (C=O) groups excluding carboxylic acids is 1. The molecule has 0 unspecified atom stereocenters. The molecule has 1 aliphatic heterocycles. The average molecular weight is 373 g/mol. The molecule has 0 N–H and O–H groups in total. The van der Waals surface area contributed by atoms with Crippen LogP contribution in [0.5, 0.6) is 0 Å². The van der Waals surface area contributed by atoms with Crippen molar-refractivity contribution >= 4 is 17.5 Å². The fraction of sp³-hybridized carbons (Fsp3) is 0.381. The summed E-state index contributed by atoms with van der Waals surface area (Å²) in [6, 6.07) is 18.3. The lowest BCUT2D eigenvalue weighted by atomic mass is 9.80. The third-order valence-electron chi connectivity index (χ3n) is 5.15. The molecule has 1 aliphatic rings. The number of hydrogen-bond donors (Lipinski definition) is 0. The number of nitrogens with zero attached hydrogens (tertiary/aromatic N) is 2. The molecule has 2 aromatic carbocycles. The van der Waals surface area contributed by atoms with Crippen LogP contribution >= 0.6 is 11.6 Å². The molecule has 0 aliphatic carbocycles. The zero-order valence-electron chi connectivity index (χ0n) is 15.3. The average Bonchev–Trinajstić information content (AvgIpc) is 2.68. The van der Waals surface area contributed by atoms with Gasteiger partial charge in [0.25, 0.3) is 0 Å². The van der Waals surface area contributed by atoms with Gasteiger partial charge in [-0.05, 0) is 36.2 Å². The Kier molecular flexibility index (Phi) is 6.30. The predicted octanol–water partition coefficient (Wildman–Crippen LogP) is 3.97. The Bertz CT molecular complexity index is 721. The molecule has 138 valence electrons. The van der Waals surface area contributed by atoms with Crippen molar-refractivity contribution in [3.05, 3.63) is 70.7 Å². The van der Waals surface area contributed by atoms with Crippen LogP contribution in [0, 0.1) is 5.92 Å². The summed E-state index contributed by atoms with van der Waals surface area (Å²) < 4.78 is 0. The van der Waals surface area contributed by atoms with Crippen LogP contribution in [0.1, 0.15) is 23.5 Å². The van der Waals surface area contributed by atoms with E-state index in [4.69, 9.17) is 16.4 Å². The first-order valence-corrected chi connectivity index (χ1v) is 9.29. The van der Waals surface area contributed by atoms with E-state index in [1.54, 1.807) is 7.05 Å². The van der Waals surface area contributed by atoms with Crippen molar-refractivity contribution < 1.29 is 9.63 Å². The lowest BCUT2D eigenvalue weighted by molar-refractivity contribution is -0.175. The van der Waals surface area contributed by atoms with Crippen molar-refractivity contribution in [2.45, 2.75) is 18.9 Å². The number of piperidine rings is 1. The molecule has 1 heterocycles. The first-order valence-electron chi connectivity index (χ1n) is 8.92. The van der Waals surface area contributed by atoms with Gasteiger partial charge in [-0.1, -0.05) is 54.1 Å². The first kappa shape index (κ1) is 18.9. The van der Waals surface area contributed by atoms with Crippen molar-refractivity contribution in [3.63, 3.8) is 0 Å². The first-order chi connectivity index (χ1) is 12.6. The summed E-state index contributed by atoms with van der Waals surface area (Å²) in [6.07, 6.45) is 0.812. The van der Waals surface area contributed by atoms with Gasteiger partial charge >= 0.3 is 0 Å². The third kappa shape index (κ3) is 4.44. The van der Waals surface area contributed by atoms with Crippen LogP contribution in [0.15, 0.2) is 54.6 Å². The van der Waals surface area contributed by atoms with Crippen molar-refractivity contribution in [1.82, 2.24) is 9.96 Å². The number of amides is 1. The highest BCUT2D eigenvalue weighted by molar-refractivity contribution is 6.30. The smallest absolute Gasteiger partial charge is 0.249 e. The molecule has 1 amide bonds. The Hall–Kier alpha value is -1.88.